The monoisotopic (exact) mass is 467 g/mol. The average Bonchev–Trinajstić information content (AvgIpc) is 3.40. The van der Waals surface area contributed by atoms with E-state index in [4.69, 9.17) is 37.4 Å². The van der Waals surface area contributed by atoms with Gasteiger partial charge in [-0.1, -0.05) is 36.2 Å². The van der Waals surface area contributed by atoms with E-state index >= 15 is 0 Å². The lowest BCUT2D eigenvalue weighted by Crippen LogP contribution is -2.44. The van der Waals surface area contributed by atoms with Crippen molar-refractivity contribution in [3.05, 3.63) is 57.6 Å². The van der Waals surface area contributed by atoms with E-state index in [-0.39, 0.29) is 12.7 Å². The molecular formula is C21H19Cl2NO5S. The van der Waals surface area contributed by atoms with Gasteiger partial charge in [0.05, 0.1) is 16.7 Å². The smallest absolute Gasteiger partial charge is 0.329 e. The van der Waals surface area contributed by atoms with Gasteiger partial charge >= 0.3 is 5.97 Å². The topological polar surface area (TPSA) is 65.1 Å². The standard InChI is InChI=1S/C21H19Cl2NO5S/c1-2-7-27-21(26)16-10-30-20(13-3-5-14(22)15(23)8-13)24(16)19(25)12-4-6-17-18(9-12)29-11-28-17/h3-6,8-9,16,20H,2,7,10-11H2,1H3. The van der Waals surface area contributed by atoms with Crippen LogP contribution in [-0.4, -0.2) is 42.0 Å². The second-order valence-corrected chi connectivity index (χ2v) is 8.75. The number of amides is 1. The molecule has 0 aromatic heterocycles. The van der Waals surface area contributed by atoms with E-state index in [0.29, 0.717) is 45.9 Å². The third-order valence-corrected chi connectivity index (χ3v) is 6.87. The lowest BCUT2D eigenvalue weighted by atomic mass is 10.1. The maximum Gasteiger partial charge on any atom is 0.329 e. The van der Waals surface area contributed by atoms with Crippen LogP contribution >= 0.6 is 35.0 Å². The van der Waals surface area contributed by atoms with Crippen molar-refractivity contribution >= 4 is 46.8 Å². The largest absolute Gasteiger partial charge is 0.464 e. The van der Waals surface area contributed by atoms with E-state index in [1.807, 2.05) is 13.0 Å². The molecule has 2 aromatic rings. The van der Waals surface area contributed by atoms with Crippen LogP contribution < -0.4 is 9.47 Å². The molecule has 0 saturated carbocycles. The SMILES string of the molecule is CCCOC(=O)C1CSC(c2ccc(Cl)c(Cl)c2)N1C(=O)c1ccc2c(c1)OCO2. The number of carbonyl (C=O) groups excluding carboxylic acids is 2. The number of fused-ring (bicyclic) bond motifs is 1. The van der Waals surface area contributed by atoms with Gasteiger partial charge in [-0.05, 0) is 42.3 Å². The van der Waals surface area contributed by atoms with Crippen molar-refractivity contribution in [2.45, 2.75) is 24.8 Å². The van der Waals surface area contributed by atoms with E-state index in [1.165, 1.54) is 11.8 Å². The maximum absolute atomic E-state index is 13.5. The van der Waals surface area contributed by atoms with Crippen LogP contribution in [0.1, 0.15) is 34.6 Å². The third-order valence-electron chi connectivity index (χ3n) is 4.80. The number of carbonyl (C=O) groups is 2. The van der Waals surface area contributed by atoms with Gasteiger partial charge in [-0.25, -0.2) is 4.79 Å². The van der Waals surface area contributed by atoms with Crippen LogP contribution in [0.25, 0.3) is 0 Å². The Morgan fingerprint density at radius 2 is 1.93 bits per heavy atom. The van der Waals surface area contributed by atoms with Crippen LogP contribution in [0.4, 0.5) is 0 Å². The molecule has 9 heteroatoms. The molecule has 1 saturated heterocycles. The zero-order chi connectivity index (χ0) is 21.3. The first-order valence-electron chi connectivity index (χ1n) is 9.45. The van der Waals surface area contributed by atoms with Crippen LogP contribution in [0, 0.1) is 0 Å². The van der Waals surface area contributed by atoms with Crippen LogP contribution in [0.3, 0.4) is 0 Å². The van der Waals surface area contributed by atoms with Gasteiger partial charge < -0.3 is 19.1 Å². The highest BCUT2D eigenvalue weighted by molar-refractivity contribution is 7.99. The van der Waals surface area contributed by atoms with E-state index in [1.54, 1.807) is 35.2 Å². The van der Waals surface area contributed by atoms with Crippen molar-refractivity contribution in [1.29, 1.82) is 0 Å². The number of hydrogen-bond donors (Lipinski definition) is 0. The summed E-state index contributed by atoms with van der Waals surface area (Å²) in [5.74, 6) is 0.795. The van der Waals surface area contributed by atoms with Gasteiger partial charge in [-0.2, -0.15) is 0 Å². The number of halogens is 2. The first kappa shape index (κ1) is 21.2. The predicted molar refractivity (Wildman–Crippen MR) is 115 cm³/mol. The molecule has 158 valence electrons. The molecule has 0 aliphatic carbocycles. The Hall–Kier alpha value is -2.09. The summed E-state index contributed by atoms with van der Waals surface area (Å²) in [4.78, 5) is 27.8. The number of ether oxygens (including phenoxy) is 3. The van der Waals surface area contributed by atoms with Gasteiger partial charge in [0.1, 0.15) is 11.4 Å². The molecule has 2 atom stereocenters. The first-order valence-corrected chi connectivity index (χ1v) is 11.3. The second-order valence-electron chi connectivity index (χ2n) is 6.82. The Bertz CT molecular complexity index is 986. The summed E-state index contributed by atoms with van der Waals surface area (Å²) in [5.41, 5.74) is 1.19. The highest BCUT2D eigenvalue weighted by Crippen LogP contribution is 2.44. The minimum absolute atomic E-state index is 0.115. The molecule has 0 bridgehead atoms. The summed E-state index contributed by atoms with van der Waals surface area (Å²) in [6.45, 7) is 2.35. The molecule has 1 fully saturated rings. The highest BCUT2D eigenvalue weighted by atomic mass is 35.5. The van der Waals surface area contributed by atoms with E-state index < -0.39 is 17.4 Å². The maximum atomic E-state index is 13.5. The van der Waals surface area contributed by atoms with Gasteiger partial charge in [-0.3, -0.25) is 4.79 Å². The Labute approximate surface area is 188 Å². The van der Waals surface area contributed by atoms with Crippen LogP contribution in [0.15, 0.2) is 36.4 Å². The van der Waals surface area contributed by atoms with Crippen molar-refractivity contribution < 1.29 is 23.8 Å². The molecule has 2 aliphatic heterocycles. The van der Waals surface area contributed by atoms with Crippen molar-refractivity contribution in [3.8, 4) is 11.5 Å². The summed E-state index contributed by atoms with van der Waals surface area (Å²) < 4.78 is 16.1. The first-order chi connectivity index (χ1) is 14.5. The lowest BCUT2D eigenvalue weighted by Gasteiger charge is -2.29. The van der Waals surface area contributed by atoms with Crippen LogP contribution in [0.5, 0.6) is 11.5 Å². The van der Waals surface area contributed by atoms with E-state index in [9.17, 15) is 9.59 Å². The third kappa shape index (κ3) is 4.06. The fourth-order valence-electron chi connectivity index (χ4n) is 3.34. The number of thioether (sulfide) groups is 1. The van der Waals surface area contributed by atoms with Gasteiger partial charge in [0.25, 0.3) is 5.91 Å². The quantitative estimate of drug-likeness (QED) is 0.580. The summed E-state index contributed by atoms with van der Waals surface area (Å²) in [6.07, 6.45) is 0.706. The molecule has 2 unspecified atom stereocenters. The summed E-state index contributed by atoms with van der Waals surface area (Å²) in [6, 6.07) is 9.50. The highest BCUT2D eigenvalue weighted by Gasteiger charge is 2.43. The molecule has 4 rings (SSSR count). The van der Waals surface area contributed by atoms with Crippen molar-refractivity contribution in [1.82, 2.24) is 4.90 Å². The second kappa shape index (κ2) is 8.96. The lowest BCUT2D eigenvalue weighted by molar-refractivity contribution is -0.148. The molecule has 0 spiro atoms. The van der Waals surface area contributed by atoms with E-state index in [2.05, 4.69) is 0 Å². The van der Waals surface area contributed by atoms with Crippen LogP contribution in [-0.2, 0) is 9.53 Å². The number of rotatable bonds is 5. The summed E-state index contributed by atoms with van der Waals surface area (Å²) >= 11 is 13.7. The van der Waals surface area contributed by atoms with Crippen molar-refractivity contribution in [2.75, 3.05) is 19.2 Å². The van der Waals surface area contributed by atoms with E-state index in [0.717, 1.165) is 5.56 Å². The Morgan fingerprint density at radius 3 is 2.70 bits per heavy atom. The van der Waals surface area contributed by atoms with Gasteiger partial charge in [0.15, 0.2) is 11.5 Å². The average molecular weight is 468 g/mol. The van der Waals surface area contributed by atoms with Crippen molar-refractivity contribution in [3.63, 3.8) is 0 Å². The number of benzene rings is 2. The Morgan fingerprint density at radius 1 is 1.13 bits per heavy atom. The zero-order valence-electron chi connectivity index (χ0n) is 16.1. The molecule has 2 aliphatic rings. The number of esters is 1. The molecule has 1 amide bonds. The zero-order valence-corrected chi connectivity index (χ0v) is 18.4. The fraction of sp³-hybridized carbons (Fsp3) is 0.333. The van der Waals surface area contributed by atoms with Gasteiger partial charge in [0.2, 0.25) is 6.79 Å². The number of nitrogens with zero attached hydrogens (tertiary/aromatic N) is 1. The minimum atomic E-state index is -0.709. The summed E-state index contributed by atoms with van der Waals surface area (Å²) in [7, 11) is 0. The minimum Gasteiger partial charge on any atom is -0.464 e. The molecular weight excluding hydrogens is 449 g/mol. The predicted octanol–water partition coefficient (Wildman–Crippen LogP) is 4.93. The Kier molecular flexibility index (Phi) is 6.32. The fourth-order valence-corrected chi connectivity index (χ4v) is 5.05. The molecule has 30 heavy (non-hydrogen) atoms. The van der Waals surface area contributed by atoms with Crippen molar-refractivity contribution in [2.24, 2.45) is 0 Å². The van der Waals surface area contributed by atoms with Crippen LogP contribution in [0.2, 0.25) is 10.0 Å². The molecule has 0 N–H and O–H groups in total. The number of hydrogen-bond acceptors (Lipinski definition) is 6. The molecule has 2 aromatic carbocycles. The van der Waals surface area contributed by atoms with Gasteiger partial charge in [0, 0.05) is 11.3 Å². The summed E-state index contributed by atoms with van der Waals surface area (Å²) in [5, 5.41) is 0.412. The molecule has 6 nitrogen and oxygen atoms in total. The molecule has 2 heterocycles. The Balaban J connectivity index is 1.68. The van der Waals surface area contributed by atoms with Gasteiger partial charge in [-0.15, -0.1) is 11.8 Å². The normalized spacial score (nSPS) is 19.8. The molecule has 0 radical (unpaired) electrons.